The number of halogens is 1. The van der Waals surface area contributed by atoms with Crippen LogP contribution in [0.5, 0.6) is 0 Å². The Morgan fingerprint density at radius 1 is 1.47 bits per heavy atom. The van der Waals surface area contributed by atoms with Crippen LogP contribution in [0.2, 0.25) is 0 Å². The van der Waals surface area contributed by atoms with Crippen LogP contribution in [0.1, 0.15) is 26.3 Å². The number of nitriles is 1. The van der Waals surface area contributed by atoms with Crippen LogP contribution in [0.4, 0.5) is 10.1 Å². The lowest BCUT2D eigenvalue weighted by molar-refractivity contribution is 0.519. The predicted octanol–water partition coefficient (Wildman–Crippen LogP) is 3.49. The highest BCUT2D eigenvalue weighted by molar-refractivity contribution is 5.61. The van der Waals surface area contributed by atoms with Gasteiger partial charge in [-0.25, -0.2) is 4.39 Å². The van der Waals surface area contributed by atoms with Crippen LogP contribution in [-0.2, 0) is 0 Å². The van der Waals surface area contributed by atoms with Gasteiger partial charge in [-0.3, -0.25) is 0 Å². The van der Waals surface area contributed by atoms with Crippen LogP contribution >= 0.6 is 0 Å². The molecule has 90 valence electrons. The summed E-state index contributed by atoms with van der Waals surface area (Å²) in [4.78, 5) is 1.96. The second-order valence-corrected chi connectivity index (χ2v) is 4.82. The summed E-state index contributed by atoms with van der Waals surface area (Å²) in [5.41, 5.74) is 0.498. The van der Waals surface area contributed by atoms with Crippen LogP contribution in [0.3, 0.4) is 0 Å². The molecule has 0 radical (unpaired) electrons. The Morgan fingerprint density at radius 3 is 2.59 bits per heavy atom. The van der Waals surface area contributed by atoms with E-state index >= 15 is 0 Å². The summed E-state index contributed by atoms with van der Waals surface area (Å²) < 4.78 is 13.6. The van der Waals surface area contributed by atoms with Gasteiger partial charge >= 0.3 is 0 Å². The number of hydrogen-bond donors (Lipinski definition) is 0. The lowest BCUT2D eigenvalue weighted by Crippen LogP contribution is -2.42. The van der Waals surface area contributed by atoms with E-state index in [-0.39, 0.29) is 11.1 Å². The first-order valence-electron chi connectivity index (χ1n) is 5.49. The van der Waals surface area contributed by atoms with Crippen molar-refractivity contribution in [3.8, 4) is 6.07 Å². The molecule has 0 aliphatic heterocycles. The van der Waals surface area contributed by atoms with Crippen molar-refractivity contribution in [1.82, 2.24) is 0 Å². The molecule has 0 atom stereocenters. The third-order valence-electron chi connectivity index (χ3n) is 2.52. The molecule has 17 heavy (non-hydrogen) atoms. The van der Waals surface area contributed by atoms with Crippen LogP contribution in [0.25, 0.3) is 0 Å². The summed E-state index contributed by atoms with van der Waals surface area (Å²) in [7, 11) is 0. The Labute approximate surface area is 102 Å². The Kier molecular flexibility index (Phi) is 3.90. The van der Waals surface area contributed by atoms with Crippen LogP contribution in [-0.4, -0.2) is 12.1 Å². The van der Waals surface area contributed by atoms with Crippen molar-refractivity contribution in [3.05, 3.63) is 42.2 Å². The first-order valence-corrected chi connectivity index (χ1v) is 5.49. The van der Waals surface area contributed by atoms with Gasteiger partial charge in [0.25, 0.3) is 0 Å². The van der Waals surface area contributed by atoms with Gasteiger partial charge in [0.1, 0.15) is 17.4 Å². The largest absolute Gasteiger partial charge is 0.362 e. The Balaban J connectivity index is 3.34. The SMILES string of the molecule is C=CCN(c1cccc(F)c1C#N)C(C)(C)C. The molecule has 0 heterocycles. The maximum atomic E-state index is 13.6. The zero-order chi connectivity index (χ0) is 13.1. The van der Waals surface area contributed by atoms with E-state index in [9.17, 15) is 4.39 Å². The molecule has 1 rings (SSSR count). The molecule has 0 aromatic heterocycles. The van der Waals surface area contributed by atoms with Crippen LogP contribution < -0.4 is 4.90 Å². The number of rotatable bonds is 3. The van der Waals surface area contributed by atoms with Gasteiger partial charge in [-0.05, 0) is 32.9 Å². The molecule has 1 aromatic carbocycles. The summed E-state index contributed by atoms with van der Waals surface area (Å²) in [6.07, 6.45) is 1.75. The highest BCUT2D eigenvalue weighted by Crippen LogP contribution is 2.28. The molecule has 0 N–H and O–H groups in total. The standard InChI is InChI=1S/C14H17FN2/c1-5-9-17(14(2,3)4)13-8-6-7-12(15)11(13)10-16/h5-8H,1,9H2,2-4H3. The number of nitrogens with zero attached hydrogens (tertiary/aromatic N) is 2. The van der Waals surface area contributed by atoms with Gasteiger partial charge in [-0.2, -0.15) is 5.26 Å². The van der Waals surface area contributed by atoms with Gasteiger partial charge in [0, 0.05) is 12.1 Å². The fourth-order valence-electron chi connectivity index (χ4n) is 1.71. The van der Waals surface area contributed by atoms with Crippen molar-refractivity contribution >= 4 is 5.69 Å². The first kappa shape index (κ1) is 13.2. The monoisotopic (exact) mass is 232 g/mol. The highest BCUT2D eigenvalue weighted by atomic mass is 19.1. The summed E-state index contributed by atoms with van der Waals surface area (Å²) in [6.45, 7) is 10.3. The van der Waals surface area contributed by atoms with Crippen LogP contribution in [0, 0.1) is 17.1 Å². The zero-order valence-electron chi connectivity index (χ0n) is 10.5. The average Bonchev–Trinajstić information content (AvgIpc) is 2.24. The zero-order valence-corrected chi connectivity index (χ0v) is 10.5. The molecule has 3 heteroatoms. The maximum Gasteiger partial charge on any atom is 0.143 e. The Morgan fingerprint density at radius 2 is 2.12 bits per heavy atom. The number of anilines is 1. The molecular formula is C14H17FN2. The lowest BCUT2D eigenvalue weighted by Gasteiger charge is -2.37. The second-order valence-electron chi connectivity index (χ2n) is 4.82. The normalized spacial score (nSPS) is 10.8. The molecule has 1 aromatic rings. The van der Waals surface area contributed by atoms with E-state index in [4.69, 9.17) is 5.26 Å². The van der Waals surface area contributed by atoms with Gasteiger partial charge in [0.15, 0.2) is 0 Å². The molecule has 0 saturated heterocycles. The first-order chi connectivity index (χ1) is 7.91. The molecule has 0 spiro atoms. The number of hydrogen-bond acceptors (Lipinski definition) is 2. The minimum absolute atomic E-state index is 0.0873. The van der Waals surface area contributed by atoms with Crippen molar-refractivity contribution in [2.45, 2.75) is 26.3 Å². The molecule has 2 nitrogen and oxygen atoms in total. The molecule has 0 aliphatic rings. The van der Waals surface area contributed by atoms with E-state index in [1.807, 2.05) is 31.7 Å². The second kappa shape index (κ2) is 5.01. The van der Waals surface area contributed by atoms with Crippen molar-refractivity contribution in [2.24, 2.45) is 0 Å². The summed E-state index contributed by atoms with van der Waals surface area (Å²) in [5.74, 6) is -0.483. The Bertz CT molecular complexity index is 452. The van der Waals surface area contributed by atoms with Crippen molar-refractivity contribution in [2.75, 3.05) is 11.4 Å². The molecule has 0 aliphatic carbocycles. The molecule has 0 saturated carbocycles. The van der Waals surface area contributed by atoms with Gasteiger partial charge in [-0.15, -0.1) is 6.58 Å². The predicted molar refractivity (Wildman–Crippen MR) is 68.4 cm³/mol. The quantitative estimate of drug-likeness (QED) is 0.746. The fraction of sp³-hybridized carbons (Fsp3) is 0.357. The van der Waals surface area contributed by atoms with Gasteiger partial charge in [0.05, 0.1) is 5.69 Å². The Hall–Kier alpha value is -1.82. The summed E-state index contributed by atoms with van der Waals surface area (Å²) in [6, 6.07) is 6.60. The van der Waals surface area contributed by atoms with E-state index in [1.54, 1.807) is 18.2 Å². The fourth-order valence-corrected chi connectivity index (χ4v) is 1.71. The van der Waals surface area contributed by atoms with Gasteiger partial charge in [0.2, 0.25) is 0 Å². The summed E-state index contributed by atoms with van der Waals surface area (Å²) in [5, 5.41) is 9.04. The average molecular weight is 232 g/mol. The maximum absolute atomic E-state index is 13.6. The van der Waals surface area contributed by atoms with E-state index in [1.165, 1.54) is 6.07 Å². The molecule has 0 fully saturated rings. The lowest BCUT2D eigenvalue weighted by atomic mass is 10.0. The van der Waals surface area contributed by atoms with Crippen molar-refractivity contribution in [3.63, 3.8) is 0 Å². The minimum atomic E-state index is -0.483. The van der Waals surface area contributed by atoms with E-state index in [0.29, 0.717) is 12.2 Å². The van der Waals surface area contributed by atoms with E-state index < -0.39 is 5.82 Å². The van der Waals surface area contributed by atoms with Crippen LogP contribution in [0.15, 0.2) is 30.9 Å². The van der Waals surface area contributed by atoms with Crippen molar-refractivity contribution in [1.29, 1.82) is 5.26 Å². The highest BCUT2D eigenvalue weighted by Gasteiger charge is 2.23. The van der Waals surface area contributed by atoms with E-state index in [0.717, 1.165) is 0 Å². The summed E-state index contributed by atoms with van der Waals surface area (Å²) >= 11 is 0. The molecule has 0 unspecified atom stereocenters. The van der Waals surface area contributed by atoms with Crippen molar-refractivity contribution < 1.29 is 4.39 Å². The molecular weight excluding hydrogens is 215 g/mol. The smallest absolute Gasteiger partial charge is 0.143 e. The van der Waals surface area contributed by atoms with Gasteiger partial charge < -0.3 is 4.90 Å². The van der Waals surface area contributed by atoms with E-state index in [2.05, 4.69) is 6.58 Å². The topological polar surface area (TPSA) is 27.0 Å². The van der Waals surface area contributed by atoms with Gasteiger partial charge in [-0.1, -0.05) is 12.1 Å². The number of benzene rings is 1. The molecule has 0 amide bonds. The molecule has 0 bridgehead atoms. The third-order valence-corrected chi connectivity index (χ3v) is 2.52. The minimum Gasteiger partial charge on any atom is -0.362 e. The third kappa shape index (κ3) is 2.85.